The van der Waals surface area contributed by atoms with Crippen LogP contribution in [0, 0.1) is 5.92 Å². The zero-order chi connectivity index (χ0) is 18.2. The summed E-state index contributed by atoms with van der Waals surface area (Å²) in [5.74, 6) is -0.349. The molecule has 1 amide bonds. The summed E-state index contributed by atoms with van der Waals surface area (Å²) in [5.41, 5.74) is 0.682. The molecule has 0 aliphatic carbocycles. The van der Waals surface area contributed by atoms with E-state index in [1.807, 2.05) is 52.8 Å². The second-order valence-electron chi connectivity index (χ2n) is 8.46. The van der Waals surface area contributed by atoms with Gasteiger partial charge in [0.1, 0.15) is 5.60 Å². The van der Waals surface area contributed by atoms with Gasteiger partial charge in [-0.3, -0.25) is 0 Å². The summed E-state index contributed by atoms with van der Waals surface area (Å²) < 4.78 is 17.7. The molecule has 2 aliphatic rings. The van der Waals surface area contributed by atoms with E-state index in [9.17, 15) is 4.79 Å². The molecule has 0 N–H and O–H groups in total. The molecule has 0 radical (unpaired) electrons. The van der Waals surface area contributed by atoms with Crippen LogP contribution in [0.4, 0.5) is 4.79 Å². The Bertz CT molecular complexity index is 608. The van der Waals surface area contributed by atoms with Gasteiger partial charge in [-0.15, -0.1) is 0 Å². The van der Waals surface area contributed by atoms with Gasteiger partial charge in [0, 0.05) is 24.9 Å². The first-order valence-electron chi connectivity index (χ1n) is 8.99. The number of likely N-dealkylation sites (tertiary alicyclic amines) is 1. The van der Waals surface area contributed by atoms with Crippen LogP contribution >= 0.6 is 0 Å². The molecule has 2 fully saturated rings. The Balaban J connectivity index is 1.85. The molecule has 5 heteroatoms. The second kappa shape index (κ2) is 6.61. The van der Waals surface area contributed by atoms with E-state index in [2.05, 4.69) is 12.1 Å². The Morgan fingerprint density at radius 2 is 1.88 bits per heavy atom. The topological polar surface area (TPSA) is 48.0 Å². The van der Waals surface area contributed by atoms with Crippen LogP contribution in [0.25, 0.3) is 0 Å². The summed E-state index contributed by atoms with van der Waals surface area (Å²) in [6.07, 6.45) is -0.235. The zero-order valence-electron chi connectivity index (χ0n) is 15.8. The second-order valence-corrected chi connectivity index (χ2v) is 8.46. The monoisotopic (exact) mass is 347 g/mol. The van der Waals surface area contributed by atoms with Gasteiger partial charge in [-0.1, -0.05) is 30.3 Å². The molecule has 0 spiro atoms. The molecule has 1 aromatic carbocycles. The summed E-state index contributed by atoms with van der Waals surface area (Å²) in [6.45, 7) is 11.3. The van der Waals surface area contributed by atoms with E-state index in [4.69, 9.17) is 14.2 Å². The van der Waals surface area contributed by atoms with Crippen LogP contribution in [-0.2, 0) is 14.2 Å². The number of carbonyl (C=O) groups excluding carboxylic acids is 1. The van der Waals surface area contributed by atoms with Gasteiger partial charge < -0.3 is 19.1 Å². The summed E-state index contributed by atoms with van der Waals surface area (Å²) >= 11 is 0. The molecule has 0 saturated carbocycles. The lowest BCUT2D eigenvalue weighted by molar-refractivity contribution is -0.304. The predicted molar refractivity (Wildman–Crippen MR) is 95.4 cm³/mol. The minimum Gasteiger partial charge on any atom is -0.444 e. The third-order valence-corrected chi connectivity index (χ3v) is 4.68. The fourth-order valence-corrected chi connectivity index (χ4v) is 3.60. The number of hydrogen-bond acceptors (Lipinski definition) is 4. The van der Waals surface area contributed by atoms with E-state index in [0.717, 1.165) is 0 Å². The first kappa shape index (κ1) is 18.2. The molecule has 2 heterocycles. The van der Waals surface area contributed by atoms with E-state index in [1.165, 1.54) is 5.56 Å². The summed E-state index contributed by atoms with van der Waals surface area (Å²) in [6, 6.07) is 10.3. The minimum absolute atomic E-state index is 0.0323. The summed E-state index contributed by atoms with van der Waals surface area (Å²) in [7, 11) is 0. The Morgan fingerprint density at radius 3 is 2.52 bits per heavy atom. The maximum atomic E-state index is 12.6. The van der Waals surface area contributed by atoms with E-state index in [1.54, 1.807) is 4.90 Å². The number of nitrogens with zero attached hydrogens (tertiary/aromatic N) is 1. The molecule has 0 unspecified atom stereocenters. The van der Waals surface area contributed by atoms with Gasteiger partial charge >= 0.3 is 6.09 Å². The smallest absolute Gasteiger partial charge is 0.410 e. The molecule has 2 aliphatic heterocycles. The van der Waals surface area contributed by atoms with Crippen molar-refractivity contribution >= 4 is 6.09 Å². The highest BCUT2D eigenvalue weighted by molar-refractivity contribution is 5.68. The summed E-state index contributed by atoms with van der Waals surface area (Å²) in [5, 5.41) is 0. The van der Waals surface area contributed by atoms with Gasteiger partial charge in [0.2, 0.25) is 0 Å². The van der Waals surface area contributed by atoms with Crippen molar-refractivity contribution in [1.29, 1.82) is 0 Å². The van der Waals surface area contributed by atoms with Crippen molar-refractivity contribution in [1.82, 2.24) is 4.90 Å². The van der Waals surface area contributed by atoms with Crippen molar-refractivity contribution in [3.8, 4) is 0 Å². The van der Waals surface area contributed by atoms with E-state index in [-0.39, 0.29) is 24.0 Å². The molecule has 0 aromatic heterocycles. The molecule has 3 rings (SSSR count). The number of fused-ring (bicyclic) bond motifs is 1. The quantitative estimate of drug-likeness (QED) is 0.775. The molecular weight excluding hydrogens is 318 g/mol. The third-order valence-electron chi connectivity index (χ3n) is 4.68. The highest BCUT2D eigenvalue weighted by Crippen LogP contribution is 2.39. The molecular formula is C20H29NO4. The average molecular weight is 347 g/mol. The molecule has 1 aromatic rings. The van der Waals surface area contributed by atoms with Gasteiger partial charge in [-0.2, -0.15) is 0 Å². The molecule has 5 nitrogen and oxygen atoms in total. The highest BCUT2D eigenvalue weighted by Gasteiger charge is 2.46. The fourth-order valence-electron chi connectivity index (χ4n) is 3.60. The van der Waals surface area contributed by atoms with Crippen molar-refractivity contribution in [2.75, 3.05) is 19.7 Å². The van der Waals surface area contributed by atoms with Crippen LogP contribution in [0.15, 0.2) is 30.3 Å². The van der Waals surface area contributed by atoms with Gasteiger partial charge in [-0.05, 0) is 40.2 Å². The highest BCUT2D eigenvalue weighted by atomic mass is 16.7. The number of benzene rings is 1. The number of rotatable bonds is 1. The number of amides is 1. The SMILES string of the molecule is CC(C)(C)OC(=O)N1C[C@@H]2COC(C)(C)O[C@@H]2[C@@H](c2ccccc2)C1. The lowest BCUT2D eigenvalue weighted by atomic mass is 9.81. The van der Waals surface area contributed by atoms with Crippen molar-refractivity contribution in [3.63, 3.8) is 0 Å². The lowest BCUT2D eigenvalue weighted by Crippen LogP contribution is -2.58. The van der Waals surface area contributed by atoms with E-state index in [0.29, 0.717) is 19.7 Å². The summed E-state index contributed by atoms with van der Waals surface area (Å²) in [4.78, 5) is 14.4. The Morgan fingerprint density at radius 1 is 1.20 bits per heavy atom. The van der Waals surface area contributed by atoms with Crippen LogP contribution < -0.4 is 0 Å². The molecule has 3 atom stereocenters. The average Bonchev–Trinajstić information content (AvgIpc) is 2.52. The van der Waals surface area contributed by atoms with Crippen LogP contribution in [0.1, 0.15) is 46.1 Å². The van der Waals surface area contributed by atoms with Gasteiger partial charge in [0.15, 0.2) is 5.79 Å². The normalized spacial score (nSPS) is 29.0. The van der Waals surface area contributed by atoms with Crippen molar-refractivity contribution in [2.24, 2.45) is 5.92 Å². The first-order chi connectivity index (χ1) is 11.6. The number of hydrogen-bond donors (Lipinski definition) is 0. The molecule has 138 valence electrons. The number of ether oxygens (including phenoxy) is 3. The molecule has 0 bridgehead atoms. The number of piperidine rings is 1. The van der Waals surface area contributed by atoms with Crippen molar-refractivity contribution in [2.45, 2.75) is 58.0 Å². The minimum atomic E-state index is -0.595. The standard InChI is InChI=1S/C20H29NO4/c1-19(2,3)25-18(22)21-11-15-13-23-20(4,5)24-17(15)16(12-21)14-9-7-6-8-10-14/h6-10,15-17H,11-13H2,1-5H3/t15-,16-,17+/m1/s1. The fraction of sp³-hybridized carbons (Fsp3) is 0.650. The molecule has 2 saturated heterocycles. The maximum absolute atomic E-state index is 12.6. The van der Waals surface area contributed by atoms with Gasteiger partial charge in [0.25, 0.3) is 0 Å². The van der Waals surface area contributed by atoms with Crippen LogP contribution in [0.3, 0.4) is 0 Å². The van der Waals surface area contributed by atoms with Crippen LogP contribution in [-0.4, -0.2) is 48.2 Å². The van der Waals surface area contributed by atoms with Crippen molar-refractivity contribution < 1.29 is 19.0 Å². The zero-order valence-corrected chi connectivity index (χ0v) is 15.8. The van der Waals surface area contributed by atoms with Crippen LogP contribution in [0.2, 0.25) is 0 Å². The Labute approximate surface area is 150 Å². The van der Waals surface area contributed by atoms with E-state index < -0.39 is 11.4 Å². The van der Waals surface area contributed by atoms with Crippen LogP contribution in [0.5, 0.6) is 0 Å². The third kappa shape index (κ3) is 4.33. The van der Waals surface area contributed by atoms with Gasteiger partial charge in [-0.25, -0.2) is 4.79 Å². The van der Waals surface area contributed by atoms with E-state index >= 15 is 0 Å². The maximum Gasteiger partial charge on any atom is 0.410 e. The largest absolute Gasteiger partial charge is 0.444 e. The Hall–Kier alpha value is -1.59. The first-order valence-corrected chi connectivity index (χ1v) is 8.99. The predicted octanol–water partition coefficient (Wildman–Crippen LogP) is 3.79. The number of carbonyl (C=O) groups is 1. The van der Waals surface area contributed by atoms with Crippen molar-refractivity contribution in [3.05, 3.63) is 35.9 Å². The lowest BCUT2D eigenvalue weighted by Gasteiger charge is -2.49. The Kier molecular flexibility index (Phi) is 4.82. The molecule has 25 heavy (non-hydrogen) atoms. The van der Waals surface area contributed by atoms with Gasteiger partial charge in [0.05, 0.1) is 12.7 Å².